The van der Waals surface area contributed by atoms with Gasteiger partial charge in [0.1, 0.15) is 0 Å². The highest BCUT2D eigenvalue weighted by atomic mass is 35.5. The van der Waals surface area contributed by atoms with Crippen molar-refractivity contribution in [3.05, 3.63) is 29.3 Å². The van der Waals surface area contributed by atoms with Crippen LogP contribution in [0, 0.1) is 23.7 Å². The number of rotatable bonds is 6. The molecular weight excluding hydrogens is 384 g/mol. The number of esters is 1. The third kappa shape index (κ3) is 3.51. The monoisotopic (exact) mass is 404 g/mol. The second-order valence-corrected chi connectivity index (χ2v) is 8.12. The van der Waals surface area contributed by atoms with Gasteiger partial charge in [-0.25, -0.2) is 0 Å². The molecule has 1 N–H and O–H groups in total. The minimum absolute atomic E-state index is 0.0128. The summed E-state index contributed by atoms with van der Waals surface area (Å²) in [5.74, 6) is -1.15. The van der Waals surface area contributed by atoms with Gasteiger partial charge in [0.2, 0.25) is 11.8 Å². The van der Waals surface area contributed by atoms with E-state index in [0.29, 0.717) is 22.5 Å². The maximum absolute atomic E-state index is 12.6. The van der Waals surface area contributed by atoms with Crippen LogP contribution in [0.5, 0.6) is 0 Å². The summed E-state index contributed by atoms with van der Waals surface area (Å²) in [6.07, 6.45) is 2.89. The van der Waals surface area contributed by atoms with Crippen LogP contribution in [0.2, 0.25) is 5.02 Å². The van der Waals surface area contributed by atoms with Crippen LogP contribution in [0.25, 0.3) is 0 Å². The van der Waals surface area contributed by atoms with Crippen LogP contribution in [0.1, 0.15) is 25.7 Å². The molecule has 4 atom stereocenters. The van der Waals surface area contributed by atoms with Gasteiger partial charge in [-0.1, -0.05) is 17.7 Å². The molecule has 148 valence electrons. The van der Waals surface area contributed by atoms with E-state index < -0.39 is 18.5 Å². The fraction of sp³-hybridized carbons (Fsp3) is 0.500. The lowest BCUT2D eigenvalue weighted by Crippen LogP contribution is -2.35. The summed E-state index contributed by atoms with van der Waals surface area (Å²) in [7, 11) is 0. The molecule has 0 unspecified atom stereocenters. The first-order chi connectivity index (χ1) is 13.4. The van der Waals surface area contributed by atoms with E-state index in [1.165, 1.54) is 4.90 Å². The quantitative estimate of drug-likeness (QED) is 0.579. The third-order valence-corrected chi connectivity index (χ3v) is 6.27. The maximum Gasteiger partial charge on any atom is 0.308 e. The largest absolute Gasteiger partial charge is 0.456 e. The SMILES string of the molecule is O=C(COC(=O)CCN1C(=O)[C@@H]2[C@@H]3CC[C@@H](C3)[C@@H]2C1=O)Nc1cccc(Cl)c1. The number of likely N-dealkylation sites (tertiary alicyclic amines) is 1. The Morgan fingerprint density at radius 3 is 2.46 bits per heavy atom. The number of fused-ring (bicyclic) bond motifs is 5. The number of nitrogens with one attached hydrogen (secondary N) is 1. The van der Waals surface area contributed by atoms with E-state index in [4.69, 9.17) is 16.3 Å². The third-order valence-electron chi connectivity index (χ3n) is 6.03. The zero-order valence-electron chi connectivity index (χ0n) is 15.2. The molecule has 3 amide bonds. The Kier molecular flexibility index (Phi) is 5.10. The van der Waals surface area contributed by atoms with Gasteiger partial charge in [-0.15, -0.1) is 0 Å². The molecule has 2 bridgehead atoms. The number of hydrogen-bond donors (Lipinski definition) is 1. The van der Waals surface area contributed by atoms with Gasteiger partial charge in [-0.2, -0.15) is 0 Å². The van der Waals surface area contributed by atoms with Crippen LogP contribution in [-0.2, 0) is 23.9 Å². The predicted octanol–water partition coefficient (Wildman–Crippen LogP) is 2.24. The summed E-state index contributed by atoms with van der Waals surface area (Å²) in [4.78, 5) is 50.2. The molecular formula is C20H21ClN2O5. The Bertz CT molecular complexity index is 814. The van der Waals surface area contributed by atoms with Gasteiger partial charge < -0.3 is 10.1 Å². The van der Waals surface area contributed by atoms with Crippen LogP contribution >= 0.6 is 11.6 Å². The molecule has 3 fully saturated rings. The fourth-order valence-electron chi connectivity index (χ4n) is 4.88. The van der Waals surface area contributed by atoms with E-state index in [1.807, 2.05) is 0 Å². The van der Waals surface area contributed by atoms with Gasteiger partial charge in [-0.3, -0.25) is 24.1 Å². The lowest BCUT2D eigenvalue weighted by Gasteiger charge is -2.19. The molecule has 0 aromatic heterocycles. The van der Waals surface area contributed by atoms with Gasteiger partial charge in [0.05, 0.1) is 18.3 Å². The number of carbonyl (C=O) groups excluding carboxylic acids is 4. The first kappa shape index (κ1) is 18.9. The van der Waals surface area contributed by atoms with E-state index in [9.17, 15) is 19.2 Å². The average molecular weight is 405 g/mol. The molecule has 3 aliphatic rings. The molecule has 1 aromatic rings. The van der Waals surface area contributed by atoms with E-state index in [0.717, 1.165) is 19.3 Å². The smallest absolute Gasteiger partial charge is 0.308 e. The summed E-state index contributed by atoms with van der Waals surface area (Å²) in [6.45, 7) is -0.429. The molecule has 1 aromatic carbocycles. The highest BCUT2D eigenvalue weighted by Crippen LogP contribution is 2.56. The summed E-state index contributed by atoms with van der Waals surface area (Å²) in [5.41, 5.74) is 0.503. The molecule has 28 heavy (non-hydrogen) atoms. The zero-order chi connectivity index (χ0) is 19.8. The molecule has 1 heterocycles. The standard InChI is InChI=1S/C20H21ClN2O5/c21-13-2-1-3-14(9-13)22-15(24)10-28-16(25)6-7-23-19(26)17-11-4-5-12(8-11)18(17)20(23)27/h1-3,9,11-12,17-18H,4-8,10H2,(H,22,24)/t11-,12+,17-,18+. The van der Waals surface area contributed by atoms with Crippen molar-refractivity contribution in [3.63, 3.8) is 0 Å². The molecule has 1 aliphatic heterocycles. The second kappa shape index (κ2) is 7.54. The van der Waals surface area contributed by atoms with Crippen molar-refractivity contribution in [2.75, 3.05) is 18.5 Å². The average Bonchev–Trinajstić information content (AvgIpc) is 3.33. The molecule has 0 spiro atoms. The van der Waals surface area contributed by atoms with Gasteiger partial charge in [0, 0.05) is 17.3 Å². The fourth-order valence-corrected chi connectivity index (χ4v) is 5.07. The number of benzene rings is 1. The van der Waals surface area contributed by atoms with E-state index in [2.05, 4.69) is 5.32 Å². The van der Waals surface area contributed by atoms with Crippen molar-refractivity contribution >= 4 is 41.0 Å². The minimum Gasteiger partial charge on any atom is -0.456 e. The summed E-state index contributed by atoms with van der Waals surface area (Å²) in [6, 6.07) is 6.61. The molecule has 4 rings (SSSR count). The number of anilines is 1. The second-order valence-electron chi connectivity index (χ2n) is 7.68. The molecule has 7 nitrogen and oxygen atoms in total. The zero-order valence-corrected chi connectivity index (χ0v) is 16.0. The lowest BCUT2D eigenvalue weighted by atomic mass is 9.81. The number of carbonyl (C=O) groups is 4. The van der Waals surface area contributed by atoms with Crippen LogP contribution in [-0.4, -0.2) is 41.7 Å². The minimum atomic E-state index is -0.623. The van der Waals surface area contributed by atoms with E-state index in [-0.39, 0.29) is 36.6 Å². The van der Waals surface area contributed by atoms with Gasteiger partial charge in [-0.05, 0) is 49.3 Å². The number of imide groups is 1. The molecule has 1 saturated heterocycles. The molecule has 2 saturated carbocycles. The Balaban J connectivity index is 1.23. The lowest BCUT2D eigenvalue weighted by molar-refractivity contribution is -0.149. The highest BCUT2D eigenvalue weighted by molar-refractivity contribution is 6.30. The van der Waals surface area contributed by atoms with Crippen molar-refractivity contribution in [2.24, 2.45) is 23.7 Å². The van der Waals surface area contributed by atoms with Crippen LogP contribution in [0.4, 0.5) is 5.69 Å². The topological polar surface area (TPSA) is 92.8 Å². The van der Waals surface area contributed by atoms with Gasteiger partial charge in [0.25, 0.3) is 5.91 Å². The van der Waals surface area contributed by atoms with Gasteiger partial charge >= 0.3 is 5.97 Å². The predicted molar refractivity (Wildman–Crippen MR) is 100 cm³/mol. The van der Waals surface area contributed by atoms with Crippen LogP contribution in [0.15, 0.2) is 24.3 Å². The van der Waals surface area contributed by atoms with Crippen molar-refractivity contribution in [3.8, 4) is 0 Å². The Morgan fingerprint density at radius 2 is 1.82 bits per heavy atom. The molecule has 8 heteroatoms. The van der Waals surface area contributed by atoms with Crippen molar-refractivity contribution < 1.29 is 23.9 Å². The Labute approximate surface area is 167 Å². The Morgan fingerprint density at radius 1 is 1.14 bits per heavy atom. The molecule has 2 aliphatic carbocycles. The summed E-state index contributed by atoms with van der Waals surface area (Å²) in [5, 5.41) is 3.05. The first-order valence-electron chi connectivity index (χ1n) is 9.50. The van der Waals surface area contributed by atoms with E-state index >= 15 is 0 Å². The van der Waals surface area contributed by atoms with E-state index in [1.54, 1.807) is 24.3 Å². The normalized spacial score (nSPS) is 27.8. The van der Waals surface area contributed by atoms with Crippen molar-refractivity contribution in [1.82, 2.24) is 4.90 Å². The maximum atomic E-state index is 12.6. The summed E-state index contributed by atoms with van der Waals surface area (Å²) >= 11 is 5.84. The number of hydrogen-bond acceptors (Lipinski definition) is 5. The number of nitrogens with zero attached hydrogens (tertiary/aromatic N) is 1. The number of ether oxygens (including phenoxy) is 1. The van der Waals surface area contributed by atoms with Gasteiger partial charge in [0.15, 0.2) is 6.61 Å². The van der Waals surface area contributed by atoms with Crippen molar-refractivity contribution in [2.45, 2.75) is 25.7 Å². The van der Waals surface area contributed by atoms with Crippen LogP contribution < -0.4 is 5.32 Å². The van der Waals surface area contributed by atoms with Crippen molar-refractivity contribution in [1.29, 1.82) is 0 Å². The van der Waals surface area contributed by atoms with Crippen LogP contribution in [0.3, 0.4) is 0 Å². The summed E-state index contributed by atoms with van der Waals surface area (Å²) < 4.78 is 4.95. The first-order valence-corrected chi connectivity index (χ1v) is 9.88. The number of amides is 3. The Hall–Kier alpha value is -2.41. The number of halogens is 1. The highest BCUT2D eigenvalue weighted by Gasteiger charge is 2.60. The molecule has 0 radical (unpaired) electrons.